The monoisotopic (exact) mass is 332 g/mol. The van der Waals surface area contributed by atoms with E-state index in [9.17, 15) is 4.79 Å². The molecule has 0 aliphatic carbocycles. The second-order valence-corrected chi connectivity index (χ2v) is 5.74. The highest BCUT2D eigenvalue weighted by Crippen LogP contribution is 2.23. The van der Waals surface area contributed by atoms with Gasteiger partial charge in [-0.1, -0.05) is 29.8 Å². The fraction of sp³-hybridized carbons (Fsp3) is 0.333. The molecular formula is C18H21ClN2O2. The summed E-state index contributed by atoms with van der Waals surface area (Å²) in [7, 11) is 1.65. The van der Waals surface area contributed by atoms with E-state index in [1.165, 1.54) is 0 Å². The van der Waals surface area contributed by atoms with E-state index in [1.807, 2.05) is 36.4 Å². The fourth-order valence-corrected chi connectivity index (χ4v) is 2.49. The van der Waals surface area contributed by atoms with Gasteiger partial charge in [-0.15, -0.1) is 0 Å². The standard InChI is InChI=1S/C18H21ClN2O2/c1-23-11-3-10-21-18(22)17(12-14-4-2-9-20-13-14)15-5-7-16(19)8-6-15/h2,4-9,13,17H,3,10-12H2,1H3,(H,21,22). The van der Waals surface area contributed by atoms with Crippen LogP contribution in [0.15, 0.2) is 48.8 Å². The molecule has 2 rings (SSSR count). The summed E-state index contributed by atoms with van der Waals surface area (Å²) in [4.78, 5) is 16.7. The molecule has 122 valence electrons. The lowest BCUT2D eigenvalue weighted by Gasteiger charge is -2.17. The lowest BCUT2D eigenvalue weighted by molar-refractivity contribution is -0.122. The highest BCUT2D eigenvalue weighted by molar-refractivity contribution is 6.30. The summed E-state index contributed by atoms with van der Waals surface area (Å²) in [5, 5.41) is 3.64. The number of carbonyl (C=O) groups is 1. The number of ether oxygens (including phenoxy) is 1. The maximum Gasteiger partial charge on any atom is 0.227 e. The molecular weight excluding hydrogens is 312 g/mol. The SMILES string of the molecule is COCCCNC(=O)C(Cc1cccnc1)c1ccc(Cl)cc1. The maximum absolute atomic E-state index is 12.6. The number of halogens is 1. The Labute approximate surface area is 141 Å². The number of hydrogen-bond donors (Lipinski definition) is 1. The van der Waals surface area contributed by atoms with Crippen molar-refractivity contribution in [1.82, 2.24) is 10.3 Å². The third-order valence-corrected chi connectivity index (χ3v) is 3.83. The van der Waals surface area contributed by atoms with Crippen molar-refractivity contribution in [3.63, 3.8) is 0 Å². The zero-order valence-corrected chi connectivity index (χ0v) is 13.9. The number of rotatable bonds is 8. The number of hydrogen-bond acceptors (Lipinski definition) is 3. The second-order valence-electron chi connectivity index (χ2n) is 5.31. The zero-order chi connectivity index (χ0) is 16.5. The molecule has 1 amide bonds. The zero-order valence-electron chi connectivity index (χ0n) is 13.2. The van der Waals surface area contributed by atoms with Crippen molar-refractivity contribution in [3.8, 4) is 0 Å². The average molecular weight is 333 g/mol. The number of nitrogens with zero attached hydrogens (tertiary/aromatic N) is 1. The Morgan fingerprint density at radius 3 is 2.74 bits per heavy atom. The molecule has 1 N–H and O–H groups in total. The molecule has 1 atom stereocenters. The van der Waals surface area contributed by atoms with Gasteiger partial charge in [-0.05, 0) is 42.2 Å². The maximum atomic E-state index is 12.6. The first kappa shape index (κ1) is 17.4. The second kappa shape index (κ2) is 9.28. The predicted molar refractivity (Wildman–Crippen MR) is 91.6 cm³/mol. The lowest BCUT2D eigenvalue weighted by atomic mass is 9.91. The van der Waals surface area contributed by atoms with Crippen LogP contribution in [0.2, 0.25) is 5.02 Å². The summed E-state index contributed by atoms with van der Waals surface area (Å²) in [5.41, 5.74) is 1.97. The number of benzene rings is 1. The summed E-state index contributed by atoms with van der Waals surface area (Å²) in [6.07, 6.45) is 4.92. The molecule has 0 saturated heterocycles. The molecule has 0 aliphatic rings. The van der Waals surface area contributed by atoms with Gasteiger partial charge < -0.3 is 10.1 Å². The van der Waals surface area contributed by atoms with Gasteiger partial charge in [-0.25, -0.2) is 0 Å². The van der Waals surface area contributed by atoms with E-state index in [-0.39, 0.29) is 11.8 Å². The largest absolute Gasteiger partial charge is 0.385 e. The van der Waals surface area contributed by atoms with E-state index in [0.29, 0.717) is 24.6 Å². The van der Waals surface area contributed by atoms with Crippen LogP contribution in [-0.2, 0) is 16.0 Å². The van der Waals surface area contributed by atoms with Gasteiger partial charge in [0, 0.05) is 37.7 Å². The lowest BCUT2D eigenvalue weighted by Crippen LogP contribution is -2.31. The molecule has 2 aromatic rings. The molecule has 1 aromatic carbocycles. The van der Waals surface area contributed by atoms with Crippen molar-refractivity contribution in [2.75, 3.05) is 20.3 Å². The van der Waals surface area contributed by atoms with Crippen molar-refractivity contribution in [1.29, 1.82) is 0 Å². The van der Waals surface area contributed by atoms with Crippen molar-refractivity contribution >= 4 is 17.5 Å². The van der Waals surface area contributed by atoms with Gasteiger partial charge in [0.05, 0.1) is 5.92 Å². The van der Waals surface area contributed by atoms with Crippen LogP contribution < -0.4 is 5.32 Å². The molecule has 0 aliphatic heterocycles. The Bertz CT molecular complexity index is 602. The number of carbonyl (C=O) groups excluding carboxylic acids is 1. The van der Waals surface area contributed by atoms with Crippen molar-refractivity contribution in [3.05, 3.63) is 64.9 Å². The average Bonchev–Trinajstić information content (AvgIpc) is 2.58. The predicted octanol–water partition coefficient (Wildman–Crippen LogP) is 3.21. The Balaban J connectivity index is 2.10. The van der Waals surface area contributed by atoms with E-state index in [4.69, 9.17) is 16.3 Å². The van der Waals surface area contributed by atoms with E-state index < -0.39 is 0 Å². The van der Waals surface area contributed by atoms with Crippen LogP contribution in [0, 0.1) is 0 Å². The first-order valence-corrected chi connectivity index (χ1v) is 7.99. The van der Waals surface area contributed by atoms with E-state index in [2.05, 4.69) is 10.3 Å². The minimum atomic E-state index is -0.265. The van der Waals surface area contributed by atoms with Gasteiger partial charge in [0.2, 0.25) is 5.91 Å². The number of nitrogens with one attached hydrogen (secondary N) is 1. The van der Waals surface area contributed by atoms with Crippen LogP contribution in [0.5, 0.6) is 0 Å². The molecule has 1 aromatic heterocycles. The molecule has 0 saturated carbocycles. The van der Waals surface area contributed by atoms with Gasteiger partial charge in [0.25, 0.3) is 0 Å². The van der Waals surface area contributed by atoms with Crippen LogP contribution in [0.4, 0.5) is 0 Å². The normalized spacial score (nSPS) is 11.9. The Hall–Kier alpha value is -1.91. The van der Waals surface area contributed by atoms with Gasteiger partial charge in [-0.2, -0.15) is 0 Å². The van der Waals surface area contributed by atoms with E-state index in [1.54, 1.807) is 19.5 Å². The van der Waals surface area contributed by atoms with Crippen LogP contribution >= 0.6 is 11.6 Å². The van der Waals surface area contributed by atoms with Crippen LogP contribution in [0.1, 0.15) is 23.5 Å². The number of methoxy groups -OCH3 is 1. The van der Waals surface area contributed by atoms with Crippen LogP contribution in [-0.4, -0.2) is 31.2 Å². The first-order valence-electron chi connectivity index (χ1n) is 7.61. The van der Waals surface area contributed by atoms with Gasteiger partial charge in [-0.3, -0.25) is 9.78 Å². The molecule has 1 heterocycles. The first-order chi connectivity index (χ1) is 11.2. The highest BCUT2D eigenvalue weighted by Gasteiger charge is 2.21. The highest BCUT2D eigenvalue weighted by atomic mass is 35.5. The van der Waals surface area contributed by atoms with Crippen LogP contribution in [0.3, 0.4) is 0 Å². The summed E-state index contributed by atoms with van der Waals surface area (Å²) >= 11 is 5.95. The fourth-order valence-electron chi connectivity index (χ4n) is 2.36. The number of pyridine rings is 1. The Morgan fingerprint density at radius 2 is 2.09 bits per heavy atom. The minimum absolute atomic E-state index is 0.00674. The molecule has 5 heteroatoms. The summed E-state index contributed by atoms with van der Waals surface area (Å²) in [5.74, 6) is -0.258. The molecule has 0 spiro atoms. The van der Waals surface area contributed by atoms with Crippen molar-refractivity contribution < 1.29 is 9.53 Å². The van der Waals surface area contributed by atoms with Gasteiger partial charge in [0.1, 0.15) is 0 Å². The van der Waals surface area contributed by atoms with Crippen molar-refractivity contribution in [2.24, 2.45) is 0 Å². The third-order valence-electron chi connectivity index (χ3n) is 3.58. The Morgan fingerprint density at radius 1 is 1.30 bits per heavy atom. The van der Waals surface area contributed by atoms with Gasteiger partial charge in [0.15, 0.2) is 0 Å². The smallest absolute Gasteiger partial charge is 0.227 e. The molecule has 0 fully saturated rings. The minimum Gasteiger partial charge on any atom is -0.385 e. The Kier molecular flexibility index (Phi) is 7.04. The molecule has 1 unspecified atom stereocenters. The quantitative estimate of drug-likeness (QED) is 0.755. The van der Waals surface area contributed by atoms with Gasteiger partial charge >= 0.3 is 0 Å². The summed E-state index contributed by atoms with van der Waals surface area (Å²) < 4.78 is 5.00. The number of amides is 1. The molecule has 0 radical (unpaired) electrons. The molecule has 23 heavy (non-hydrogen) atoms. The topological polar surface area (TPSA) is 51.2 Å². The summed E-state index contributed by atoms with van der Waals surface area (Å²) in [6, 6.07) is 11.3. The molecule has 4 nitrogen and oxygen atoms in total. The summed E-state index contributed by atoms with van der Waals surface area (Å²) in [6.45, 7) is 1.23. The van der Waals surface area contributed by atoms with Crippen LogP contribution in [0.25, 0.3) is 0 Å². The van der Waals surface area contributed by atoms with Crippen molar-refractivity contribution in [2.45, 2.75) is 18.8 Å². The number of aromatic nitrogens is 1. The molecule has 0 bridgehead atoms. The van der Waals surface area contributed by atoms with E-state index >= 15 is 0 Å². The van der Waals surface area contributed by atoms with E-state index in [0.717, 1.165) is 17.5 Å². The third kappa shape index (κ3) is 5.66.